The van der Waals surface area contributed by atoms with Gasteiger partial charge >= 0.3 is 0 Å². The molecule has 0 N–H and O–H groups in total. The van der Waals surface area contributed by atoms with Crippen molar-refractivity contribution in [2.75, 3.05) is 6.26 Å². The van der Waals surface area contributed by atoms with Gasteiger partial charge in [-0.3, -0.25) is 9.78 Å². The first-order valence-corrected chi connectivity index (χ1v) is 6.76. The zero-order valence-corrected chi connectivity index (χ0v) is 10.4. The maximum atomic E-state index is 11.9. The van der Waals surface area contributed by atoms with Crippen LogP contribution in [0.1, 0.15) is 19.4 Å². The molecule has 0 aliphatic carbocycles. The first kappa shape index (κ1) is 12.8. The molecule has 0 fully saturated rings. The number of rotatable bonds is 4. The van der Waals surface area contributed by atoms with Crippen molar-refractivity contribution in [3.63, 3.8) is 0 Å². The topological polar surface area (TPSA) is 64.1 Å². The molecule has 0 saturated carbocycles. The number of ketones is 1. The maximum absolute atomic E-state index is 11.9. The molecule has 0 atom stereocenters. The average molecular weight is 241 g/mol. The molecule has 0 unspecified atom stereocenters. The summed E-state index contributed by atoms with van der Waals surface area (Å²) < 4.78 is 21.6. The van der Waals surface area contributed by atoms with Gasteiger partial charge in [0.25, 0.3) is 0 Å². The Bertz CT molecular complexity index is 477. The van der Waals surface area contributed by atoms with Crippen LogP contribution in [0, 0.1) is 0 Å². The minimum absolute atomic E-state index is 0.114. The fourth-order valence-electron chi connectivity index (χ4n) is 1.11. The molecule has 5 heteroatoms. The highest BCUT2D eigenvalue weighted by atomic mass is 32.2. The van der Waals surface area contributed by atoms with Gasteiger partial charge in [0.15, 0.2) is 15.6 Å². The van der Waals surface area contributed by atoms with Crippen molar-refractivity contribution in [2.24, 2.45) is 0 Å². The summed E-state index contributed by atoms with van der Waals surface area (Å²) in [7, 11) is -3.39. The number of aromatic nitrogens is 1. The molecule has 88 valence electrons. The number of carbonyl (C=O) groups excluding carboxylic acids is 1. The molecule has 0 bridgehead atoms. The van der Waals surface area contributed by atoms with Crippen molar-refractivity contribution in [3.8, 4) is 0 Å². The van der Waals surface area contributed by atoms with Crippen LogP contribution in [0.4, 0.5) is 0 Å². The van der Waals surface area contributed by atoms with Gasteiger partial charge in [-0.15, -0.1) is 0 Å². The molecule has 0 aromatic carbocycles. The standard InChI is InChI=1S/C11H15NO3S/c1-11(2,16(3,14)15)10(13)8-9-4-6-12-7-5-9/h4-7H,8H2,1-3H3. The minimum Gasteiger partial charge on any atom is -0.298 e. The molecule has 0 radical (unpaired) electrons. The van der Waals surface area contributed by atoms with Crippen molar-refractivity contribution < 1.29 is 13.2 Å². The summed E-state index contributed by atoms with van der Waals surface area (Å²) >= 11 is 0. The Hall–Kier alpha value is -1.23. The van der Waals surface area contributed by atoms with Crippen LogP contribution in [0.5, 0.6) is 0 Å². The Balaban J connectivity index is 2.90. The molecular weight excluding hydrogens is 226 g/mol. The lowest BCUT2D eigenvalue weighted by Gasteiger charge is -2.20. The van der Waals surface area contributed by atoms with E-state index in [-0.39, 0.29) is 12.2 Å². The predicted molar refractivity (Wildman–Crippen MR) is 61.9 cm³/mol. The summed E-state index contributed by atoms with van der Waals surface area (Å²) in [6.07, 6.45) is 4.35. The molecule has 0 aliphatic heterocycles. The molecule has 0 aliphatic rings. The first-order valence-electron chi connectivity index (χ1n) is 4.87. The van der Waals surface area contributed by atoms with Gasteiger partial charge in [0.2, 0.25) is 0 Å². The van der Waals surface area contributed by atoms with E-state index in [2.05, 4.69) is 4.98 Å². The van der Waals surface area contributed by atoms with Crippen molar-refractivity contribution in [2.45, 2.75) is 25.0 Å². The third-order valence-corrected chi connectivity index (χ3v) is 4.79. The smallest absolute Gasteiger partial charge is 0.159 e. The van der Waals surface area contributed by atoms with Crippen LogP contribution in [-0.2, 0) is 21.1 Å². The van der Waals surface area contributed by atoms with Gasteiger partial charge in [-0.25, -0.2) is 8.42 Å². The number of Topliss-reactive ketones (excluding diaryl/α,β-unsaturated/α-hetero) is 1. The number of pyridine rings is 1. The fourth-order valence-corrected chi connectivity index (χ4v) is 1.59. The highest BCUT2D eigenvalue weighted by Crippen LogP contribution is 2.18. The molecule has 1 aromatic rings. The predicted octanol–water partition coefficient (Wildman–Crippen LogP) is 1.02. The van der Waals surface area contributed by atoms with Crippen molar-refractivity contribution in [1.82, 2.24) is 4.98 Å². The van der Waals surface area contributed by atoms with Crippen molar-refractivity contribution >= 4 is 15.6 Å². The fraction of sp³-hybridized carbons (Fsp3) is 0.455. The zero-order chi connectivity index (χ0) is 12.4. The Morgan fingerprint density at radius 2 is 1.81 bits per heavy atom. The molecule has 1 heterocycles. The summed E-state index contributed by atoms with van der Waals surface area (Å²) in [4.78, 5) is 15.7. The van der Waals surface area contributed by atoms with Gasteiger partial charge < -0.3 is 0 Å². The highest BCUT2D eigenvalue weighted by Gasteiger charge is 2.37. The summed E-state index contributed by atoms with van der Waals surface area (Å²) in [6.45, 7) is 2.87. The van der Waals surface area contributed by atoms with E-state index in [0.29, 0.717) is 0 Å². The van der Waals surface area contributed by atoms with Crippen LogP contribution >= 0.6 is 0 Å². The molecular formula is C11H15NO3S. The molecule has 4 nitrogen and oxygen atoms in total. The number of hydrogen-bond donors (Lipinski definition) is 0. The lowest BCUT2D eigenvalue weighted by atomic mass is 10.0. The maximum Gasteiger partial charge on any atom is 0.159 e. The third kappa shape index (κ3) is 2.66. The number of nitrogens with zero attached hydrogens (tertiary/aromatic N) is 1. The van der Waals surface area contributed by atoms with Crippen LogP contribution in [-0.4, -0.2) is 30.2 Å². The lowest BCUT2D eigenvalue weighted by Crippen LogP contribution is -2.40. The van der Waals surface area contributed by atoms with Crippen LogP contribution in [0.25, 0.3) is 0 Å². The summed E-state index contributed by atoms with van der Waals surface area (Å²) in [5.74, 6) is -0.304. The second-order valence-corrected chi connectivity index (χ2v) is 6.80. The van der Waals surface area contributed by atoms with E-state index in [4.69, 9.17) is 0 Å². The zero-order valence-electron chi connectivity index (χ0n) is 9.60. The Morgan fingerprint density at radius 3 is 2.25 bits per heavy atom. The van der Waals surface area contributed by atoms with Crippen LogP contribution in [0.15, 0.2) is 24.5 Å². The van der Waals surface area contributed by atoms with E-state index < -0.39 is 14.6 Å². The van der Waals surface area contributed by atoms with Gasteiger partial charge in [0, 0.05) is 25.1 Å². The van der Waals surface area contributed by atoms with E-state index in [1.54, 1.807) is 24.5 Å². The molecule has 1 rings (SSSR count). The van der Waals surface area contributed by atoms with Crippen LogP contribution in [0.2, 0.25) is 0 Å². The number of carbonyl (C=O) groups is 1. The quantitative estimate of drug-likeness (QED) is 0.789. The van der Waals surface area contributed by atoms with Gasteiger partial charge in [-0.1, -0.05) is 0 Å². The second kappa shape index (κ2) is 4.33. The first-order chi connectivity index (χ1) is 7.25. The Kier molecular flexibility index (Phi) is 3.48. The number of sulfone groups is 1. The molecule has 0 amide bonds. The third-order valence-electron chi connectivity index (χ3n) is 2.71. The van der Waals surface area contributed by atoms with E-state index in [0.717, 1.165) is 11.8 Å². The molecule has 1 aromatic heterocycles. The van der Waals surface area contributed by atoms with Gasteiger partial charge in [-0.2, -0.15) is 0 Å². The van der Waals surface area contributed by atoms with E-state index in [1.165, 1.54) is 13.8 Å². The largest absolute Gasteiger partial charge is 0.298 e. The lowest BCUT2D eigenvalue weighted by molar-refractivity contribution is -0.120. The summed E-state index contributed by atoms with van der Waals surface area (Å²) in [5.41, 5.74) is 0.775. The van der Waals surface area contributed by atoms with Crippen molar-refractivity contribution in [3.05, 3.63) is 30.1 Å². The van der Waals surface area contributed by atoms with Gasteiger partial charge in [0.05, 0.1) is 0 Å². The highest BCUT2D eigenvalue weighted by molar-refractivity contribution is 7.92. The summed E-state index contributed by atoms with van der Waals surface area (Å²) in [5, 5.41) is 0. The monoisotopic (exact) mass is 241 g/mol. The van der Waals surface area contributed by atoms with Crippen LogP contribution in [0.3, 0.4) is 0 Å². The average Bonchev–Trinajstić information content (AvgIpc) is 2.17. The van der Waals surface area contributed by atoms with Crippen LogP contribution < -0.4 is 0 Å². The van der Waals surface area contributed by atoms with E-state index >= 15 is 0 Å². The van der Waals surface area contributed by atoms with E-state index in [9.17, 15) is 13.2 Å². The minimum atomic E-state index is -3.39. The van der Waals surface area contributed by atoms with Gasteiger partial charge in [-0.05, 0) is 31.5 Å². The Morgan fingerprint density at radius 1 is 1.31 bits per heavy atom. The second-order valence-electron chi connectivity index (χ2n) is 4.24. The normalized spacial score (nSPS) is 12.4. The van der Waals surface area contributed by atoms with Crippen molar-refractivity contribution in [1.29, 1.82) is 0 Å². The molecule has 0 spiro atoms. The summed E-state index contributed by atoms with van der Waals surface area (Å²) in [6, 6.07) is 3.41. The molecule has 16 heavy (non-hydrogen) atoms. The van der Waals surface area contributed by atoms with E-state index in [1.807, 2.05) is 0 Å². The Labute approximate surface area is 95.6 Å². The number of hydrogen-bond acceptors (Lipinski definition) is 4. The van der Waals surface area contributed by atoms with Gasteiger partial charge in [0.1, 0.15) is 4.75 Å². The SMILES string of the molecule is CC(C)(C(=O)Cc1ccncc1)S(C)(=O)=O. The molecule has 0 saturated heterocycles.